The summed E-state index contributed by atoms with van der Waals surface area (Å²) in [6.07, 6.45) is 2.50. The van der Waals surface area contributed by atoms with Crippen LogP contribution in [0.15, 0.2) is 46.3 Å². The molecule has 24 heavy (non-hydrogen) atoms. The first-order chi connectivity index (χ1) is 11.4. The third-order valence-electron chi connectivity index (χ3n) is 3.68. The molecule has 4 N–H and O–H groups in total. The van der Waals surface area contributed by atoms with Gasteiger partial charge in [0.2, 0.25) is 0 Å². The minimum absolute atomic E-state index is 0.159. The lowest BCUT2D eigenvalue weighted by Gasteiger charge is -2.14. The molecular weight excluding hydrogens is 330 g/mol. The molecule has 0 aliphatic carbocycles. The Morgan fingerprint density at radius 2 is 2.00 bits per heavy atom. The molecule has 0 radical (unpaired) electrons. The normalized spacial score (nSPS) is 13.3. The van der Waals surface area contributed by atoms with Gasteiger partial charge in [-0.05, 0) is 47.9 Å². The van der Waals surface area contributed by atoms with Crippen molar-refractivity contribution in [3.05, 3.63) is 53.1 Å². The Bertz CT molecular complexity index is 952. The summed E-state index contributed by atoms with van der Waals surface area (Å²) >= 11 is 0. The van der Waals surface area contributed by atoms with E-state index in [1.54, 1.807) is 24.4 Å². The number of nitrogens with two attached hydrogens (primary N) is 1. The van der Waals surface area contributed by atoms with Gasteiger partial charge in [-0.3, -0.25) is 14.5 Å². The quantitative estimate of drug-likeness (QED) is 0.772. The lowest BCUT2D eigenvalue weighted by Crippen LogP contribution is -2.16. The van der Waals surface area contributed by atoms with Gasteiger partial charge in [0.15, 0.2) is 0 Å². The van der Waals surface area contributed by atoms with Crippen LogP contribution in [0, 0.1) is 0 Å². The number of carbonyl (C=O) groups is 1. The van der Waals surface area contributed by atoms with Crippen molar-refractivity contribution >= 4 is 27.8 Å². The first-order valence-corrected chi connectivity index (χ1v) is 8.63. The minimum Gasteiger partial charge on any atom is -0.507 e. The Morgan fingerprint density at radius 1 is 1.21 bits per heavy atom. The van der Waals surface area contributed by atoms with Gasteiger partial charge in [-0.25, -0.2) is 8.42 Å². The summed E-state index contributed by atoms with van der Waals surface area (Å²) in [4.78, 5) is 15.3. The number of amides is 1. The number of hydrogen-bond donors (Lipinski definition) is 3. The van der Waals surface area contributed by atoms with Gasteiger partial charge >= 0.3 is 0 Å². The minimum atomic E-state index is -3.92. The number of phenols is 1. The van der Waals surface area contributed by atoms with Gasteiger partial charge in [0.25, 0.3) is 15.9 Å². The fourth-order valence-corrected chi connectivity index (χ4v) is 3.53. The standard InChI is InChI=1S/C16H15N3O4S/c17-16(21)14-8-13(3-4-15(14)20)24(22,23)19-12-2-1-11-9-18-6-5-10(11)7-12/h1-4,7-9,19-20H,5-6H2,(H2,17,21). The number of primary amides is 1. The Hall–Kier alpha value is -2.87. The van der Waals surface area contributed by atoms with E-state index in [0.29, 0.717) is 12.2 Å². The number of aliphatic imine (C=N–C) groups is 1. The van der Waals surface area contributed by atoms with Crippen molar-refractivity contribution in [1.82, 2.24) is 0 Å². The van der Waals surface area contributed by atoms with Crippen molar-refractivity contribution in [2.24, 2.45) is 10.7 Å². The summed E-state index contributed by atoms with van der Waals surface area (Å²) in [5.74, 6) is -1.27. The number of nitrogens with zero attached hydrogens (tertiary/aromatic N) is 1. The zero-order valence-corrected chi connectivity index (χ0v) is 13.4. The van der Waals surface area contributed by atoms with Crippen LogP contribution >= 0.6 is 0 Å². The number of rotatable bonds is 4. The van der Waals surface area contributed by atoms with Crippen LogP contribution in [0.3, 0.4) is 0 Å². The molecule has 0 bridgehead atoms. The second kappa shape index (κ2) is 5.97. The highest BCUT2D eigenvalue weighted by Gasteiger charge is 2.19. The molecule has 0 aromatic heterocycles. The van der Waals surface area contributed by atoms with Gasteiger partial charge in [0.05, 0.1) is 10.5 Å². The third-order valence-corrected chi connectivity index (χ3v) is 5.06. The van der Waals surface area contributed by atoms with Gasteiger partial charge in [-0.15, -0.1) is 0 Å². The largest absolute Gasteiger partial charge is 0.507 e. The Labute approximate surface area is 138 Å². The van der Waals surface area contributed by atoms with Crippen LogP contribution in [0.2, 0.25) is 0 Å². The van der Waals surface area contributed by atoms with Crippen molar-refractivity contribution in [3.63, 3.8) is 0 Å². The highest BCUT2D eigenvalue weighted by Crippen LogP contribution is 2.24. The molecule has 1 amide bonds. The second-order valence-electron chi connectivity index (χ2n) is 5.35. The number of nitrogens with one attached hydrogen (secondary N) is 1. The number of sulfonamides is 1. The van der Waals surface area contributed by atoms with E-state index in [1.165, 1.54) is 6.07 Å². The summed E-state index contributed by atoms with van der Waals surface area (Å²) in [5, 5.41) is 9.56. The van der Waals surface area contributed by atoms with Gasteiger partial charge in [0, 0.05) is 18.4 Å². The van der Waals surface area contributed by atoms with Gasteiger partial charge in [0.1, 0.15) is 5.75 Å². The summed E-state index contributed by atoms with van der Waals surface area (Å²) in [6.45, 7) is 0.670. The van der Waals surface area contributed by atoms with E-state index in [1.807, 2.05) is 0 Å². The Kier molecular flexibility index (Phi) is 3.98. The second-order valence-corrected chi connectivity index (χ2v) is 7.03. The molecule has 2 aromatic carbocycles. The van der Waals surface area contributed by atoms with E-state index in [4.69, 9.17) is 5.73 Å². The number of carbonyl (C=O) groups excluding carboxylic acids is 1. The first-order valence-electron chi connectivity index (χ1n) is 7.15. The van der Waals surface area contributed by atoms with E-state index in [-0.39, 0.29) is 16.2 Å². The number of fused-ring (bicyclic) bond motifs is 1. The molecule has 124 valence electrons. The maximum atomic E-state index is 12.5. The maximum Gasteiger partial charge on any atom is 0.261 e. The smallest absolute Gasteiger partial charge is 0.261 e. The molecule has 0 saturated heterocycles. The van der Waals surface area contributed by atoms with Crippen LogP contribution in [0.5, 0.6) is 5.75 Å². The van der Waals surface area contributed by atoms with Gasteiger partial charge in [-0.2, -0.15) is 0 Å². The average molecular weight is 345 g/mol. The molecule has 7 nitrogen and oxygen atoms in total. The van der Waals surface area contributed by atoms with E-state index in [9.17, 15) is 18.3 Å². The topological polar surface area (TPSA) is 122 Å². The van der Waals surface area contributed by atoms with Crippen LogP contribution in [0.4, 0.5) is 5.69 Å². The molecule has 0 atom stereocenters. The molecular formula is C16H15N3O4S. The van der Waals surface area contributed by atoms with Crippen LogP contribution in [-0.4, -0.2) is 32.2 Å². The lowest BCUT2D eigenvalue weighted by atomic mass is 10.0. The number of hydrogen-bond acceptors (Lipinski definition) is 5. The average Bonchev–Trinajstić information content (AvgIpc) is 2.54. The van der Waals surface area contributed by atoms with E-state index >= 15 is 0 Å². The Morgan fingerprint density at radius 3 is 2.75 bits per heavy atom. The SMILES string of the molecule is NC(=O)c1cc(S(=O)(=O)Nc2ccc3c(c2)CCN=C3)ccc1O. The lowest BCUT2D eigenvalue weighted by molar-refractivity contribution is 0.0997. The van der Waals surface area contributed by atoms with Crippen LogP contribution in [0.25, 0.3) is 0 Å². The molecule has 0 unspecified atom stereocenters. The monoisotopic (exact) mass is 345 g/mol. The number of aromatic hydroxyl groups is 1. The fraction of sp³-hybridized carbons (Fsp3) is 0.125. The molecule has 1 heterocycles. The highest BCUT2D eigenvalue weighted by atomic mass is 32.2. The molecule has 2 aromatic rings. The van der Waals surface area contributed by atoms with Crippen LogP contribution in [0.1, 0.15) is 21.5 Å². The van der Waals surface area contributed by atoms with Crippen molar-refractivity contribution < 1.29 is 18.3 Å². The predicted molar refractivity (Wildman–Crippen MR) is 90.0 cm³/mol. The highest BCUT2D eigenvalue weighted by molar-refractivity contribution is 7.92. The third kappa shape index (κ3) is 3.09. The first kappa shape index (κ1) is 16.0. The molecule has 1 aliphatic rings. The summed E-state index contributed by atoms with van der Waals surface area (Å²) < 4.78 is 27.4. The van der Waals surface area contributed by atoms with E-state index in [0.717, 1.165) is 29.7 Å². The summed E-state index contributed by atoms with van der Waals surface area (Å²) in [5.41, 5.74) is 7.26. The van der Waals surface area contributed by atoms with Crippen molar-refractivity contribution in [1.29, 1.82) is 0 Å². The zero-order valence-electron chi connectivity index (χ0n) is 12.6. The molecule has 0 fully saturated rings. The zero-order chi connectivity index (χ0) is 17.3. The molecule has 1 aliphatic heterocycles. The molecule has 3 rings (SSSR count). The van der Waals surface area contributed by atoms with Crippen molar-refractivity contribution in [3.8, 4) is 5.75 Å². The summed E-state index contributed by atoms with van der Waals surface area (Å²) in [6, 6.07) is 8.57. The summed E-state index contributed by atoms with van der Waals surface area (Å²) in [7, 11) is -3.92. The predicted octanol–water partition coefficient (Wildman–Crippen LogP) is 1.27. The molecule has 8 heteroatoms. The Balaban J connectivity index is 1.93. The number of benzene rings is 2. The van der Waals surface area contributed by atoms with Crippen LogP contribution < -0.4 is 10.5 Å². The molecule has 0 saturated carbocycles. The fourth-order valence-electron chi connectivity index (χ4n) is 2.45. The van der Waals surface area contributed by atoms with E-state index < -0.39 is 15.9 Å². The maximum absolute atomic E-state index is 12.5. The van der Waals surface area contributed by atoms with Gasteiger partial charge in [-0.1, -0.05) is 6.07 Å². The van der Waals surface area contributed by atoms with E-state index in [2.05, 4.69) is 9.71 Å². The van der Waals surface area contributed by atoms with Crippen molar-refractivity contribution in [2.45, 2.75) is 11.3 Å². The van der Waals surface area contributed by atoms with Crippen molar-refractivity contribution in [2.75, 3.05) is 11.3 Å². The van der Waals surface area contributed by atoms with Gasteiger partial charge < -0.3 is 10.8 Å². The number of anilines is 1. The molecule has 0 spiro atoms. The van der Waals surface area contributed by atoms with Crippen LogP contribution in [-0.2, 0) is 16.4 Å².